The van der Waals surface area contributed by atoms with Crippen molar-refractivity contribution in [3.8, 4) is 0 Å². The summed E-state index contributed by atoms with van der Waals surface area (Å²) in [7, 11) is 0. The third kappa shape index (κ3) is 5.88. The number of halogens is 1. The number of nitro groups is 1. The number of nitrogens with one attached hydrogen (secondary N) is 2. The lowest BCUT2D eigenvalue weighted by Gasteiger charge is -2.20. The zero-order valence-electron chi connectivity index (χ0n) is 15.3. The highest BCUT2D eigenvalue weighted by molar-refractivity contribution is 6.30. The van der Waals surface area contributed by atoms with Gasteiger partial charge in [0.25, 0.3) is 17.5 Å². The Morgan fingerprint density at radius 3 is 2.25 bits per heavy atom. The average Bonchev–Trinajstić information content (AvgIpc) is 2.66. The average molecular weight is 403 g/mol. The smallest absolute Gasteiger partial charge is 0.269 e. The van der Waals surface area contributed by atoms with Crippen LogP contribution in [0, 0.1) is 16.0 Å². The van der Waals surface area contributed by atoms with Crippen LogP contribution < -0.4 is 10.7 Å². The van der Waals surface area contributed by atoms with Gasteiger partial charge in [0.1, 0.15) is 6.04 Å². The SMILES string of the molecule is CC(C)C(NC(=O)c1ccc(Cl)cc1)C(=O)N/N=C/c1ccc([N+](=O)[O-])cc1. The van der Waals surface area contributed by atoms with Crippen LogP contribution in [0.15, 0.2) is 53.6 Å². The van der Waals surface area contributed by atoms with Crippen LogP contribution >= 0.6 is 11.6 Å². The van der Waals surface area contributed by atoms with Gasteiger partial charge in [-0.3, -0.25) is 19.7 Å². The van der Waals surface area contributed by atoms with Gasteiger partial charge in [0, 0.05) is 22.7 Å². The molecular formula is C19H19ClN4O4. The zero-order chi connectivity index (χ0) is 20.7. The summed E-state index contributed by atoms with van der Waals surface area (Å²) in [4.78, 5) is 34.9. The van der Waals surface area contributed by atoms with Crippen LogP contribution in [-0.2, 0) is 4.79 Å². The molecule has 0 aliphatic rings. The Bertz CT molecular complexity index is 880. The number of hydrogen-bond acceptors (Lipinski definition) is 5. The van der Waals surface area contributed by atoms with Crippen LogP contribution in [0.4, 0.5) is 5.69 Å². The van der Waals surface area contributed by atoms with Crippen molar-refractivity contribution in [2.75, 3.05) is 0 Å². The summed E-state index contributed by atoms with van der Waals surface area (Å²) in [6.45, 7) is 3.60. The first-order chi connectivity index (χ1) is 13.3. The van der Waals surface area contributed by atoms with Crippen molar-refractivity contribution in [2.24, 2.45) is 11.0 Å². The molecule has 1 unspecified atom stereocenters. The number of amides is 2. The summed E-state index contributed by atoms with van der Waals surface area (Å²) in [6.07, 6.45) is 1.36. The molecule has 0 saturated heterocycles. The van der Waals surface area contributed by atoms with E-state index in [0.717, 1.165) is 0 Å². The number of nitrogens with zero attached hydrogens (tertiary/aromatic N) is 2. The molecule has 2 amide bonds. The molecule has 0 heterocycles. The van der Waals surface area contributed by atoms with Gasteiger partial charge >= 0.3 is 0 Å². The van der Waals surface area contributed by atoms with E-state index in [1.165, 1.54) is 30.5 Å². The van der Waals surface area contributed by atoms with E-state index in [0.29, 0.717) is 16.1 Å². The summed E-state index contributed by atoms with van der Waals surface area (Å²) in [5, 5.41) is 17.7. The molecule has 2 N–H and O–H groups in total. The van der Waals surface area contributed by atoms with E-state index in [1.807, 2.05) is 0 Å². The molecule has 8 nitrogen and oxygen atoms in total. The fourth-order valence-electron chi connectivity index (χ4n) is 2.28. The number of non-ortho nitro benzene ring substituents is 1. The van der Waals surface area contributed by atoms with Crippen LogP contribution in [0.5, 0.6) is 0 Å². The lowest BCUT2D eigenvalue weighted by Crippen LogP contribution is -2.48. The van der Waals surface area contributed by atoms with Crippen molar-refractivity contribution >= 4 is 35.3 Å². The molecule has 1 atom stereocenters. The van der Waals surface area contributed by atoms with Gasteiger partial charge in [0.2, 0.25) is 0 Å². The van der Waals surface area contributed by atoms with Gasteiger partial charge < -0.3 is 5.32 Å². The van der Waals surface area contributed by atoms with Gasteiger partial charge in [-0.05, 0) is 47.9 Å². The lowest BCUT2D eigenvalue weighted by atomic mass is 10.0. The van der Waals surface area contributed by atoms with Crippen molar-refractivity contribution < 1.29 is 14.5 Å². The third-order valence-corrected chi connectivity index (χ3v) is 4.09. The van der Waals surface area contributed by atoms with Crippen molar-refractivity contribution in [2.45, 2.75) is 19.9 Å². The molecule has 28 heavy (non-hydrogen) atoms. The monoisotopic (exact) mass is 402 g/mol. The van der Waals surface area contributed by atoms with E-state index in [4.69, 9.17) is 11.6 Å². The Balaban J connectivity index is 1.99. The molecule has 0 bridgehead atoms. The molecule has 0 aliphatic carbocycles. The first-order valence-electron chi connectivity index (χ1n) is 8.41. The predicted octanol–water partition coefficient (Wildman–Crippen LogP) is 3.15. The molecule has 2 aromatic carbocycles. The van der Waals surface area contributed by atoms with Crippen molar-refractivity contribution in [3.05, 3.63) is 74.8 Å². The summed E-state index contributed by atoms with van der Waals surface area (Å²) < 4.78 is 0. The second kappa shape index (κ2) is 9.61. The van der Waals surface area contributed by atoms with Gasteiger partial charge in [-0.1, -0.05) is 25.4 Å². The van der Waals surface area contributed by atoms with E-state index >= 15 is 0 Å². The maximum atomic E-state index is 12.4. The Hall–Kier alpha value is -3.26. The molecule has 0 radical (unpaired) electrons. The zero-order valence-corrected chi connectivity index (χ0v) is 16.0. The molecule has 2 aromatic rings. The number of hydrogen-bond donors (Lipinski definition) is 2. The van der Waals surface area contributed by atoms with E-state index < -0.39 is 22.8 Å². The Kier molecular flexibility index (Phi) is 7.22. The highest BCUT2D eigenvalue weighted by Crippen LogP contribution is 2.12. The van der Waals surface area contributed by atoms with Crippen molar-refractivity contribution in [1.82, 2.24) is 10.7 Å². The molecular weight excluding hydrogens is 384 g/mol. The predicted molar refractivity (Wildman–Crippen MR) is 106 cm³/mol. The summed E-state index contributed by atoms with van der Waals surface area (Å²) in [6, 6.07) is 11.2. The minimum atomic E-state index is -0.794. The van der Waals surface area contributed by atoms with Crippen LogP contribution in [-0.4, -0.2) is 29.0 Å². The first kappa shape index (κ1) is 21.0. The molecule has 9 heteroatoms. The summed E-state index contributed by atoms with van der Waals surface area (Å²) >= 11 is 5.81. The number of benzene rings is 2. The molecule has 0 aromatic heterocycles. The molecule has 146 valence electrons. The van der Waals surface area contributed by atoms with Crippen LogP contribution in [0.3, 0.4) is 0 Å². The van der Waals surface area contributed by atoms with E-state index in [9.17, 15) is 19.7 Å². The Labute approximate surface area is 166 Å². The first-order valence-corrected chi connectivity index (χ1v) is 8.79. The maximum absolute atomic E-state index is 12.4. The minimum absolute atomic E-state index is 0.0361. The Morgan fingerprint density at radius 2 is 1.71 bits per heavy atom. The summed E-state index contributed by atoms with van der Waals surface area (Å²) in [5.41, 5.74) is 3.31. The molecule has 2 rings (SSSR count). The highest BCUT2D eigenvalue weighted by Gasteiger charge is 2.24. The largest absolute Gasteiger partial charge is 0.340 e. The van der Waals surface area contributed by atoms with Crippen LogP contribution in [0.1, 0.15) is 29.8 Å². The second-order valence-electron chi connectivity index (χ2n) is 6.28. The number of hydrazone groups is 1. The summed E-state index contributed by atoms with van der Waals surface area (Å²) in [5.74, 6) is -1.05. The standard InChI is InChI=1S/C19H19ClN4O4/c1-12(2)17(22-18(25)14-5-7-15(20)8-6-14)19(26)23-21-11-13-3-9-16(10-4-13)24(27)28/h3-12,17H,1-2H3,(H,22,25)(H,23,26)/b21-11+. The quantitative estimate of drug-likeness (QED) is 0.420. The van der Waals surface area contributed by atoms with Crippen LogP contribution in [0.2, 0.25) is 5.02 Å². The topological polar surface area (TPSA) is 114 Å². The van der Waals surface area contributed by atoms with Gasteiger partial charge in [-0.2, -0.15) is 5.10 Å². The van der Waals surface area contributed by atoms with Crippen LogP contribution in [0.25, 0.3) is 0 Å². The third-order valence-electron chi connectivity index (χ3n) is 3.83. The van der Waals surface area contributed by atoms with Gasteiger partial charge in [0.05, 0.1) is 11.1 Å². The van der Waals surface area contributed by atoms with Gasteiger partial charge in [-0.15, -0.1) is 0 Å². The number of carbonyl (C=O) groups excluding carboxylic acids is 2. The molecule has 0 fully saturated rings. The van der Waals surface area contributed by atoms with Gasteiger partial charge in [0.15, 0.2) is 0 Å². The van der Waals surface area contributed by atoms with E-state index in [1.54, 1.807) is 38.1 Å². The van der Waals surface area contributed by atoms with E-state index in [2.05, 4.69) is 15.8 Å². The van der Waals surface area contributed by atoms with Gasteiger partial charge in [-0.25, -0.2) is 5.43 Å². The second-order valence-corrected chi connectivity index (χ2v) is 6.72. The minimum Gasteiger partial charge on any atom is -0.340 e. The fraction of sp³-hybridized carbons (Fsp3) is 0.211. The normalized spacial score (nSPS) is 12.0. The number of carbonyl (C=O) groups is 2. The van der Waals surface area contributed by atoms with Crippen molar-refractivity contribution in [1.29, 1.82) is 0 Å². The highest BCUT2D eigenvalue weighted by atomic mass is 35.5. The number of nitro benzene ring substituents is 1. The maximum Gasteiger partial charge on any atom is 0.269 e. The molecule has 0 spiro atoms. The van der Waals surface area contributed by atoms with E-state index in [-0.39, 0.29) is 11.6 Å². The fourth-order valence-corrected chi connectivity index (χ4v) is 2.41. The number of rotatable bonds is 7. The Morgan fingerprint density at radius 1 is 1.11 bits per heavy atom. The molecule has 0 aliphatic heterocycles. The lowest BCUT2D eigenvalue weighted by molar-refractivity contribution is -0.384. The molecule has 0 saturated carbocycles. The van der Waals surface area contributed by atoms with Crippen molar-refractivity contribution in [3.63, 3.8) is 0 Å².